The number of rotatable bonds is 5. The van der Waals surface area contributed by atoms with Crippen molar-refractivity contribution < 1.29 is 4.74 Å². The van der Waals surface area contributed by atoms with E-state index in [1.54, 1.807) is 7.11 Å². The highest BCUT2D eigenvalue weighted by molar-refractivity contribution is 9.10. The number of hydrogen-bond donors (Lipinski definition) is 2. The standard InChI is InChI=1S/C22H20BrN5O2/c1-12-17-11-16(30-3)8-9-19(17)26-21(24-12)28-22-25-13(2)18(20(29)27-22)10-14-4-6-15(23)7-5-14/h4-9,11H,10H2,1-3H3,(H2,24,25,26,27,28,29). The van der Waals surface area contributed by atoms with E-state index in [1.165, 1.54) is 0 Å². The zero-order valence-electron chi connectivity index (χ0n) is 16.8. The summed E-state index contributed by atoms with van der Waals surface area (Å²) in [4.78, 5) is 29.0. The van der Waals surface area contributed by atoms with Gasteiger partial charge in [-0.25, -0.2) is 15.0 Å². The molecule has 0 aliphatic carbocycles. The Hall–Kier alpha value is -3.26. The van der Waals surface area contributed by atoms with Gasteiger partial charge in [-0.05, 0) is 49.7 Å². The van der Waals surface area contributed by atoms with Crippen molar-refractivity contribution in [3.05, 3.63) is 79.8 Å². The molecule has 7 nitrogen and oxygen atoms in total. The molecule has 152 valence electrons. The Bertz CT molecular complexity index is 1290. The van der Waals surface area contributed by atoms with Gasteiger partial charge in [0.2, 0.25) is 11.9 Å². The van der Waals surface area contributed by atoms with E-state index in [0.717, 1.165) is 32.4 Å². The van der Waals surface area contributed by atoms with Gasteiger partial charge in [0.25, 0.3) is 5.56 Å². The number of benzene rings is 2. The fraction of sp³-hybridized carbons (Fsp3) is 0.182. The number of aromatic amines is 1. The molecule has 2 aromatic heterocycles. The maximum Gasteiger partial charge on any atom is 0.256 e. The van der Waals surface area contributed by atoms with E-state index >= 15 is 0 Å². The zero-order valence-corrected chi connectivity index (χ0v) is 18.4. The number of hydrogen-bond acceptors (Lipinski definition) is 6. The lowest BCUT2D eigenvalue weighted by Gasteiger charge is -2.10. The van der Waals surface area contributed by atoms with Crippen molar-refractivity contribution in [2.24, 2.45) is 0 Å². The van der Waals surface area contributed by atoms with Gasteiger partial charge in [0.15, 0.2) is 0 Å². The first-order chi connectivity index (χ1) is 14.4. The van der Waals surface area contributed by atoms with Crippen LogP contribution in [0.1, 0.15) is 22.5 Å². The lowest BCUT2D eigenvalue weighted by Crippen LogP contribution is -2.19. The van der Waals surface area contributed by atoms with Crippen LogP contribution in [-0.2, 0) is 6.42 Å². The lowest BCUT2D eigenvalue weighted by molar-refractivity contribution is 0.415. The fourth-order valence-corrected chi connectivity index (χ4v) is 3.50. The molecule has 2 aromatic carbocycles. The monoisotopic (exact) mass is 465 g/mol. The van der Waals surface area contributed by atoms with Gasteiger partial charge in [-0.3, -0.25) is 15.1 Å². The van der Waals surface area contributed by atoms with E-state index in [0.29, 0.717) is 29.6 Å². The molecule has 0 aliphatic rings. The molecule has 4 aromatic rings. The van der Waals surface area contributed by atoms with E-state index in [1.807, 2.05) is 56.3 Å². The van der Waals surface area contributed by atoms with Crippen LogP contribution in [0.3, 0.4) is 0 Å². The summed E-state index contributed by atoms with van der Waals surface area (Å²) in [5.41, 5.74) is 3.72. The summed E-state index contributed by atoms with van der Waals surface area (Å²) in [6, 6.07) is 13.5. The van der Waals surface area contributed by atoms with Crippen LogP contribution >= 0.6 is 15.9 Å². The van der Waals surface area contributed by atoms with Crippen molar-refractivity contribution >= 4 is 38.7 Å². The van der Waals surface area contributed by atoms with Gasteiger partial charge in [-0.15, -0.1) is 0 Å². The summed E-state index contributed by atoms with van der Waals surface area (Å²) in [5.74, 6) is 1.43. The van der Waals surface area contributed by atoms with Crippen molar-refractivity contribution in [1.29, 1.82) is 0 Å². The number of aromatic nitrogens is 4. The smallest absolute Gasteiger partial charge is 0.256 e. The molecule has 2 heterocycles. The number of nitrogens with zero attached hydrogens (tertiary/aromatic N) is 3. The molecular formula is C22H20BrN5O2. The van der Waals surface area contributed by atoms with Crippen molar-refractivity contribution in [2.75, 3.05) is 12.4 Å². The number of ether oxygens (including phenoxy) is 1. The second-order valence-electron chi connectivity index (χ2n) is 6.92. The molecule has 8 heteroatoms. The summed E-state index contributed by atoms with van der Waals surface area (Å²) >= 11 is 3.42. The Morgan fingerprint density at radius 2 is 1.80 bits per heavy atom. The van der Waals surface area contributed by atoms with Crippen LogP contribution in [0, 0.1) is 13.8 Å². The van der Waals surface area contributed by atoms with Crippen molar-refractivity contribution in [3.63, 3.8) is 0 Å². The molecule has 0 fully saturated rings. The topological polar surface area (TPSA) is 92.8 Å². The maximum atomic E-state index is 12.7. The predicted octanol–water partition coefficient (Wildman–Crippen LogP) is 4.44. The minimum absolute atomic E-state index is 0.185. The van der Waals surface area contributed by atoms with Crippen molar-refractivity contribution in [1.82, 2.24) is 19.9 Å². The molecule has 0 amide bonds. The Balaban J connectivity index is 1.62. The summed E-state index contributed by atoms with van der Waals surface area (Å²) in [6.45, 7) is 3.73. The molecule has 0 saturated heterocycles. The Kier molecular flexibility index (Phi) is 5.50. The van der Waals surface area contributed by atoms with Gasteiger partial charge in [0, 0.05) is 21.8 Å². The molecule has 4 rings (SSSR count). The molecule has 0 atom stereocenters. The van der Waals surface area contributed by atoms with Gasteiger partial charge < -0.3 is 4.74 Å². The average molecular weight is 466 g/mol. The third kappa shape index (κ3) is 4.18. The Morgan fingerprint density at radius 1 is 1.03 bits per heavy atom. The SMILES string of the molecule is COc1ccc2nc(Nc3nc(C)c(Cc4ccc(Br)cc4)c(=O)[nH]3)nc(C)c2c1. The summed E-state index contributed by atoms with van der Waals surface area (Å²) in [5, 5.41) is 3.92. The normalized spacial score (nSPS) is 10.9. The molecule has 0 aliphatic heterocycles. The van der Waals surface area contributed by atoms with E-state index in [4.69, 9.17) is 4.74 Å². The summed E-state index contributed by atoms with van der Waals surface area (Å²) in [7, 11) is 1.62. The van der Waals surface area contributed by atoms with Crippen molar-refractivity contribution in [3.8, 4) is 5.75 Å². The number of H-pyrrole nitrogens is 1. The fourth-order valence-electron chi connectivity index (χ4n) is 3.23. The van der Waals surface area contributed by atoms with Gasteiger partial charge in [0.1, 0.15) is 5.75 Å². The molecule has 0 unspecified atom stereocenters. The van der Waals surface area contributed by atoms with Crippen LogP contribution in [0.4, 0.5) is 11.9 Å². The number of nitrogens with one attached hydrogen (secondary N) is 2. The summed E-state index contributed by atoms with van der Waals surface area (Å²) < 4.78 is 6.26. The number of halogens is 1. The van der Waals surface area contributed by atoms with Gasteiger partial charge in [-0.1, -0.05) is 28.1 Å². The average Bonchev–Trinajstić information content (AvgIpc) is 2.72. The highest BCUT2D eigenvalue weighted by Crippen LogP contribution is 2.23. The first-order valence-electron chi connectivity index (χ1n) is 9.36. The first-order valence-corrected chi connectivity index (χ1v) is 10.2. The maximum absolute atomic E-state index is 12.7. The highest BCUT2D eigenvalue weighted by atomic mass is 79.9. The van der Waals surface area contributed by atoms with Crippen LogP contribution < -0.4 is 15.6 Å². The predicted molar refractivity (Wildman–Crippen MR) is 121 cm³/mol. The van der Waals surface area contributed by atoms with Crippen LogP contribution in [0.15, 0.2) is 51.7 Å². The number of methoxy groups -OCH3 is 1. The van der Waals surface area contributed by atoms with Crippen LogP contribution in [0.5, 0.6) is 5.75 Å². The number of fused-ring (bicyclic) bond motifs is 1. The minimum Gasteiger partial charge on any atom is -0.497 e. The quantitative estimate of drug-likeness (QED) is 0.452. The van der Waals surface area contributed by atoms with E-state index in [-0.39, 0.29) is 5.56 Å². The van der Waals surface area contributed by atoms with Crippen LogP contribution in [-0.4, -0.2) is 27.0 Å². The second-order valence-corrected chi connectivity index (χ2v) is 7.84. The summed E-state index contributed by atoms with van der Waals surface area (Å²) in [6.07, 6.45) is 0.509. The Morgan fingerprint density at radius 3 is 2.50 bits per heavy atom. The molecule has 30 heavy (non-hydrogen) atoms. The van der Waals surface area contributed by atoms with Gasteiger partial charge in [0.05, 0.1) is 24.0 Å². The van der Waals surface area contributed by atoms with Crippen LogP contribution in [0.25, 0.3) is 10.9 Å². The second kappa shape index (κ2) is 8.23. The molecule has 2 N–H and O–H groups in total. The van der Waals surface area contributed by atoms with E-state index in [9.17, 15) is 4.79 Å². The zero-order chi connectivity index (χ0) is 21.3. The van der Waals surface area contributed by atoms with Crippen LogP contribution in [0.2, 0.25) is 0 Å². The first kappa shape index (κ1) is 20.0. The minimum atomic E-state index is -0.185. The van der Waals surface area contributed by atoms with Gasteiger partial charge in [-0.2, -0.15) is 0 Å². The van der Waals surface area contributed by atoms with E-state index < -0.39 is 0 Å². The molecule has 0 bridgehead atoms. The number of anilines is 2. The molecule has 0 saturated carbocycles. The third-order valence-electron chi connectivity index (χ3n) is 4.84. The molecular weight excluding hydrogens is 446 g/mol. The molecule has 0 spiro atoms. The number of aryl methyl sites for hydroxylation is 2. The van der Waals surface area contributed by atoms with Gasteiger partial charge >= 0.3 is 0 Å². The Labute approximate surface area is 181 Å². The van der Waals surface area contributed by atoms with E-state index in [2.05, 4.69) is 41.2 Å². The molecule has 0 radical (unpaired) electrons. The largest absolute Gasteiger partial charge is 0.497 e. The lowest BCUT2D eigenvalue weighted by atomic mass is 10.1. The third-order valence-corrected chi connectivity index (χ3v) is 5.37. The highest BCUT2D eigenvalue weighted by Gasteiger charge is 2.12. The van der Waals surface area contributed by atoms with Crippen molar-refractivity contribution in [2.45, 2.75) is 20.3 Å².